The van der Waals surface area contributed by atoms with Crippen LogP contribution in [0, 0.1) is 17.2 Å². The van der Waals surface area contributed by atoms with Crippen molar-refractivity contribution in [3.05, 3.63) is 0 Å². The van der Waals surface area contributed by atoms with E-state index >= 15 is 0 Å². The van der Waals surface area contributed by atoms with Crippen molar-refractivity contribution in [2.24, 2.45) is 16.1 Å². The normalized spacial score (nSPS) is 34.8. The third-order valence-electron chi connectivity index (χ3n) is 2.03. The Balaban J connectivity index is 2.03. The van der Waals surface area contributed by atoms with Crippen molar-refractivity contribution in [1.82, 2.24) is 0 Å². The van der Waals surface area contributed by atoms with E-state index in [1.54, 1.807) is 0 Å². The molecule has 9 heavy (non-hydrogen) atoms. The number of nitriles is 1. The Morgan fingerprint density at radius 2 is 2.33 bits per heavy atom. The van der Waals surface area contributed by atoms with E-state index in [9.17, 15) is 0 Å². The van der Waals surface area contributed by atoms with Crippen molar-refractivity contribution in [1.29, 1.82) is 5.26 Å². The molecular weight excluding hydrogens is 114 g/mol. The number of nitrogens with zero attached hydrogens (tertiary/aromatic N) is 3. The molecule has 2 rings (SSSR count). The first-order valence-electron chi connectivity index (χ1n) is 3.18. The summed E-state index contributed by atoms with van der Waals surface area (Å²) in [5.74, 6) is 0.222. The molecule has 2 aliphatic rings. The first-order valence-corrected chi connectivity index (χ1v) is 3.18. The lowest BCUT2D eigenvalue weighted by Crippen LogP contribution is -2.02. The van der Waals surface area contributed by atoms with E-state index in [1.165, 1.54) is 0 Å². The van der Waals surface area contributed by atoms with Crippen LogP contribution in [0.2, 0.25) is 0 Å². The van der Waals surface area contributed by atoms with Crippen LogP contribution in [-0.4, -0.2) is 5.66 Å². The molecule has 1 spiro atoms. The number of hydrogen-bond acceptors (Lipinski definition) is 3. The van der Waals surface area contributed by atoms with Gasteiger partial charge < -0.3 is 0 Å². The van der Waals surface area contributed by atoms with Gasteiger partial charge in [-0.3, -0.25) is 0 Å². The first kappa shape index (κ1) is 4.92. The molecular formula is C6H7N3. The van der Waals surface area contributed by atoms with Gasteiger partial charge in [0.25, 0.3) is 0 Å². The van der Waals surface area contributed by atoms with Crippen LogP contribution >= 0.6 is 0 Å². The lowest BCUT2D eigenvalue weighted by atomic mass is 10.1. The van der Waals surface area contributed by atoms with Crippen molar-refractivity contribution in [2.45, 2.75) is 24.9 Å². The summed E-state index contributed by atoms with van der Waals surface area (Å²) in [6, 6.07) is 2.24. The Labute approximate surface area is 53.4 Å². The summed E-state index contributed by atoms with van der Waals surface area (Å²) in [6.45, 7) is 0. The molecule has 0 aromatic rings. The molecule has 0 bridgehead atoms. The highest BCUT2D eigenvalue weighted by Crippen LogP contribution is 2.46. The van der Waals surface area contributed by atoms with E-state index in [0.29, 0.717) is 0 Å². The first-order chi connectivity index (χ1) is 4.35. The molecule has 1 heterocycles. The summed E-state index contributed by atoms with van der Waals surface area (Å²) >= 11 is 0. The van der Waals surface area contributed by atoms with Crippen LogP contribution < -0.4 is 0 Å². The fraction of sp³-hybridized carbons (Fsp3) is 0.833. The minimum atomic E-state index is -0.0552. The Bertz CT molecular complexity index is 195. The summed E-state index contributed by atoms with van der Waals surface area (Å²) < 4.78 is 0. The third kappa shape index (κ3) is 0.629. The van der Waals surface area contributed by atoms with Gasteiger partial charge in [0.15, 0.2) is 5.66 Å². The molecule has 1 aliphatic heterocycles. The molecule has 0 saturated heterocycles. The quantitative estimate of drug-likeness (QED) is 0.478. The highest BCUT2D eigenvalue weighted by Gasteiger charge is 2.47. The second kappa shape index (κ2) is 1.32. The molecule has 1 unspecified atom stereocenters. The lowest BCUT2D eigenvalue weighted by molar-refractivity contribution is 0.604. The SMILES string of the molecule is N#CC1CCC2(C1)N=N2. The number of hydrogen-bond donors (Lipinski definition) is 0. The van der Waals surface area contributed by atoms with Crippen molar-refractivity contribution in [3.8, 4) is 6.07 Å². The van der Waals surface area contributed by atoms with Crippen LogP contribution in [0.25, 0.3) is 0 Å². The monoisotopic (exact) mass is 121 g/mol. The van der Waals surface area contributed by atoms with Crippen molar-refractivity contribution in [3.63, 3.8) is 0 Å². The minimum Gasteiger partial charge on any atom is -0.198 e. The fourth-order valence-corrected chi connectivity index (χ4v) is 1.37. The predicted octanol–water partition coefficient (Wildman–Crippen LogP) is 1.47. The average molecular weight is 121 g/mol. The molecule has 1 fully saturated rings. The Hall–Kier alpha value is -0.910. The molecule has 46 valence electrons. The third-order valence-corrected chi connectivity index (χ3v) is 2.03. The van der Waals surface area contributed by atoms with Gasteiger partial charge in [-0.15, -0.1) is 0 Å². The second-order valence-corrected chi connectivity index (χ2v) is 2.75. The van der Waals surface area contributed by atoms with Crippen molar-refractivity contribution in [2.75, 3.05) is 0 Å². The van der Waals surface area contributed by atoms with Crippen LogP contribution in [0.3, 0.4) is 0 Å². The Morgan fingerprint density at radius 1 is 1.56 bits per heavy atom. The van der Waals surface area contributed by atoms with Gasteiger partial charge in [-0.1, -0.05) is 0 Å². The van der Waals surface area contributed by atoms with Gasteiger partial charge in [-0.05, 0) is 12.8 Å². The summed E-state index contributed by atoms with van der Waals surface area (Å²) in [7, 11) is 0. The van der Waals surface area contributed by atoms with E-state index in [0.717, 1.165) is 19.3 Å². The zero-order valence-corrected chi connectivity index (χ0v) is 5.04. The summed E-state index contributed by atoms with van der Waals surface area (Å²) in [5, 5.41) is 16.3. The molecule has 1 saturated carbocycles. The van der Waals surface area contributed by atoms with E-state index < -0.39 is 0 Å². The van der Waals surface area contributed by atoms with Gasteiger partial charge in [0.2, 0.25) is 0 Å². The van der Waals surface area contributed by atoms with Gasteiger partial charge in [-0.25, -0.2) is 0 Å². The maximum Gasteiger partial charge on any atom is 0.192 e. The van der Waals surface area contributed by atoms with Crippen LogP contribution in [0.1, 0.15) is 19.3 Å². The zero-order valence-electron chi connectivity index (χ0n) is 5.04. The largest absolute Gasteiger partial charge is 0.198 e. The second-order valence-electron chi connectivity index (χ2n) is 2.75. The van der Waals surface area contributed by atoms with Gasteiger partial charge in [-0.2, -0.15) is 15.5 Å². The van der Waals surface area contributed by atoms with Crippen LogP contribution in [-0.2, 0) is 0 Å². The van der Waals surface area contributed by atoms with Gasteiger partial charge >= 0.3 is 0 Å². The maximum absolute atomic E-state index is 8.49. The van der Waals surface area contributed by atoms with E-state index in [2.05, 4.69) is 16.3 Å². The highest BCUT2D eigenvalue weighted by atomic mass is 15.4. The summed E-state index contributed by atoms with van der Waals surface area (Å²) in [6.07, 6.45) is 2.87. The van der Waals surface area contributed by atoms with E-state index in [-0.39, 0.29) is 11.6 Å². The Morgan fingerprint density at radius 3 is 2.67 bits per heavy atom. The van der Waals surface area contributed by atoms with E-state index in [4.69, 9.17) is 5.26 Å². The topological polar surface area (TPSA) is 48.5 Å². The fourth-order valence-electron chi connectivity index (χ4n) is 1.37. The molecule has 3 nitrogen and oxygen atoms in total. The molecule has 0 radical (unpaired) electrons. The molecule has 3 heteroatoms. The zero-order chi connectivity index (χ0) is 6.32. The molecule has 1 atom stereocenters. The summed E-state index contributed by atoms with van der Waals surface area (Å²) in [4.78, 5) is 0. The van der Waals surface area contributed by atoms with Crippen LogP contribution in [0.15, 0.2) is 10.2 Å². The van der Waals surface area contributed by atoms with Gasteiger partial charge in [0.1, 0.15) is 0 Å². The molecule has 0 amide bonds. The minimum absolute atomic E-state index is 0.0552. The lowest BCUT2D eigenvalue weighted by Gasteiger charge is -1.93. The predicted molar refractivity (Wildman–Crippen MR) is 30.5 cm³/mol. The maximum atomic E-state index is 8.49. The highest BCUT2D eigenvalue weighted by molar-refractivity contribution is 5.05. The van der Waals surface area contributed by atoms with Gasteiger partial charge in [0.05, 0.1) is 12.0 Å². The number of rotatable bonds is 0. The molecule has 0 aromatic carbocycles. The molecule has 0 N–H and O–H groups in total. The Kier molecular flexibility index (Phi) is 0.724. The van der Waals surface area contributed by atoms with Gasteiger partial charge in [0, 0.05) is 6.42 Å². The van der Waals surface area contributed by atoms with Crippen LogP contribution in [0.5, 0.6) is 0 Å². The molecule has 0 aromatic heterocycles. The summed E-state index contributed by atoms with van der Waals surface area (Å²) in [5.41, 5.74) is -0.0552. The average Bonchev–Trinajstić information content (AvgIpc) is 2.44. The standard InChI is InChI=1S/C6H7N3/c7-4-5-1-2-6(3-5)8-9-6/h5H,1-3H2. The van der Waals surface area contributed by atoms with E-state index in [1.807, 2.05) is 0 Å². The van der Waals surface area contributed by atoms with Crippen LogP contribution in [0.4, 0.5) is 0 Å². The van der Waals surface area contributed by atoms with Crippen molar-refractivity contribution < 1.29 is 0 Å². The smallest absolute Gasteiger partial charge is 0.192 e. The molecule has 1 aliphatic carbocycles. The van der Waals surface area contributed by atoms with Crippen molar-refractivity contribution >= 4 is 0 Å².